The van der Waals surface area contributed by atoms with Crippen molar-refractivity contribution in [1.29, 1.82) is 0 Å². The number of aryl methyl sites for hydroxylation is 2. The molecule has 0 amide bonds. The van der Waals surface area contributed by atoms with Crippen LogP contribution in [-0.4, -0.2) is 21.7 Å². The average Bonchev–Trinajstić information content (AvgIpc) is 2.78. The molecule has 2 N–H and O–H groups in total. The first-order chi connectivity index (χ1) is 8.29. The molecule has 0 aliphatic carbocycles. The number of aromatic nitrogens is 3. The van der Waals surface area contributed by atoms with E-state index in [2.05, 4.69) is 15.1 Å². The van der Waals surface area contributed by atoms with Gasteiger partial charge in [0.25, 0.3) is 0 Å². The van der Waals surface area contributed by atoms with Crippen LogP contribution >= 0.6 is 0 Å². The van der Waals surface area contributed by atoms with Gasteiger partial charge in [-0.2, -0.15) is 4.98 Å². The zero-order valence-electron chi connectivity index (χ0n) is 9.89. The Morgan fingerprint density at radius 3 is 2.88 bits per heavy atom. The normalized spacial score (nSPS) is 10.7. The van der Waals surface area contributed by atoms with Crippen LogP contribution in [0, 0.1) is 6.92 Å². The fourth-order valence-corrected chi connectivity index (χ4v) is 1.55. The maximum absolute atomic E-state index is 5.43. The number of pyridine rings is 1. The lowest BCUT2D eigenvalue weighted by Gasteiger charge is -1.94. The van der Waals surface area contributed by atoms with Crippen LogP contribution in [0.1, 0.15) is 24.4 Å². The van der Waals surface area contributed by atoms with Crippen molar-refractivity contribution >= 4 is 0 Å². The Labute approximate surface area is 100 Å². The molecule has 17 heavy (non-hydrogen) atoms. The van der Waals surface area contributed by atoms with Crippen LogP contribution in [0.15, 0.2) is 22.7 Å². The second-order valence-corrected chi connectivity index (χ2v) is 3.92. The van der Waals surface area contributed by atoms with Gasteiger partial charge in [-0.25, -0.2) is 4.98 Å². The lowest BCUT2D eigenvalue weighted by atomic mass is 10.2. The molecular formula is C12H16N4O. The van der Waals surface area contributed by atoms with Crippen molar-refractivity contribution in [2.45, 2.75) is 26.2 Å². The van der Waals surface area contributed by atoms with Crippen LogP contribution < -0.4 is 5.73 Å². The van der Waals surface area contributed by atoms with E-state index in [4.69, 9.17) is 10.3 Å². The largest absolute Gasteiger partial charge is 0.339 e. The molecule has 5 heteroatoms. The highest BCUT2D eigenvalue weighted by molar-refractivity contribution is 5.47. The SMILES string of the molecule is Cc1cccc(-c2noc(CCCCN)n2)n1. The molecule has 0 radical (unpaired) electrons. The summed E-state index contributed by atoms with van der Waals surface area (Å²) in [5.74, 6) is 1.20. The fourth-order valence-electron chi connectivity index (χ4n) is 1.55. The monoisotopic (exact) mass is 232 g/mol. The van der Waals surface area contributed by atoms with Gasteiger partial charge < -0.3 is 10.3 Å². The minimum atomic E-state index is 0.552. The van der Waals surface area contributed by atoms with Crippen molar-refractivity contribution in [1.82, 2.24) is 15.1 Å². The van der Waals surface area contributed by atoms with Crippen LogP contribution in [0.5, 0.6) is 0 Å². The second kappa shape index (κ2) is 5.54. The van der Waals surface area contributed by atoms with Gasteiger partial charge in [0, 0.05) is 12.1 Å². The van der Waals surface area contributed by atoms with Gasteiger partial charge in [0.1, 0.15) is 5.69 Å². The van der Waals surface area contributed by atoms with Crippen molar-refractivity contribution in [3.8, 4) is 11.5 Å². The van der Waals surface area contributed by atoms with E-state index < -0.39 is 0 Å². The summed E-state index contributed by atoms with van der Waals surface area (Å²) in [5, 5.41) is 3.93. The summed E-state index contributed by atoms with van der Waals surface area (Å²) >= 11 is 0. The molecule has 0 saturated carbocycles. The van der Waals surface area contributed by atoms with Gasteiger partial charge in [0.15, 0.2) is 0 Å². The molecule has 0 atom stereocenters. The number of hydrogen-bond acceptors (Lipinski definition) is 5. The van der Waals surface area contributed by atoms with Crippen molar-refractivity contribution in [3.05, 3.63) is 29.8 Å². The van der Waals surface area contributed by atoms with E-state index in [-0.39, 0.29) is 0 Å². The van der Waals surface area contributed by atoms with E-state index in [9.17, 15) is 0 Å². The Balaban J connectivity index is 2.07. The van der Waals surface area contributed by atoms with Crippen molar-refractivity contribution in [2.75, 3.05) is 6.54 Å². The molecular weight excluding hydrogens is 216 g/mol. The maximum Gasteiger partial charge on any atom is 0.227 e. The van der Waals surface area contributed by atoms with E-state index in [1.54, 1.807) is 0 Å². The van der Waals surface area contributed by atoms with Gasteiger partial charge in [-0.15, -0.1) is 0 Å². The van der Waals surface area contributed by atoms with E-state index in [1.807, 2.05) is 25.1 Å². The summed E-state index contributed by atoms with van der Waals surface area (Å²) in [7, 11) is 0. The summed E-state index contributed by atoms with van der Waals surface area (Å²) in [5.41, 5.74) is 7.12. The lowest BCUT2D eigenvalue weighted by molar-refractivity contribution is 0.375. The lowest BCUT2D eigenvalue weighted by Crippen LogP contribution is -1.99. The molecule has 5 nitrogen and oxygen atoms in total. The smallest absolute Gasteiger partial charge is 0.227 e. The van der Waals surface area contributed by atoms with Crippen LogP contribution in [0.2, 0.25) is 0 Å². The molecule has 0 fully saturated rings. The molecule has 0 aliphatic rings. The third kappa shape index (κ3) is 3.10. The third-order valence-electron chi connectivity index (χ3n) is 2.43. The predicted octanol–water partition coefficient (Wildman–Crippen LogP) is 1.72. The van der Waals surface area contributed by atoms with Gasteiger partial charge in [0.05, 0.1) is 0 Å². The Bertz CT molecular complexity index is 481. The van der Waals surface area contributed by atoms with Gasteiger partial charge in [-0.05, 0) is 38.4 Å². The third-order valence-corrected chi connectivity index (χ3v) is 2.43. The first-order valence-corrected chi connectivity index (χ1v) is 5.76. The first kappa shape index (κ1) is 11.7. The van der Waals surface area contributed by atoms with Gasteiger partial charge in [0.2, 0.25) is 11.7 Å². The fraction of sp³-hybridized carbons (Fsp3) is 0.417. The second-order valence-electron chi connectivity index (χ2n) is 3.92. The van der Waals surface area contributed by atoms with Crippen LogP contribution in [0.25, 0.3) is 11.5 Å². The molecule has 2 rings (SSSR count). The molecule has 0 unspecified atom stereocenters. The summed E-state index contributed by atoms with van der Waals surface area (Å²) in [6.07, 6.45) is 2.72. The standard InChI is InChI=1S/C12H16N4O/c1-9-5-4-6-10(14-9)12-15-11(17-16-12)7-2-3-8-13/h4-6H,2-3,7-8,13H2,1H3. The number of hydrogen-bond donors (Lipinski definition) is 1. The van der Waals surface area contributed by atoms with E-state index >= 15 is 0 Å². The predicted molar refractivity (Wildman–Crippen MR) is 64.3 cm³/mol. The highest BCUT2D eigenvalue weighted by Crippen LogP contribution is 2.14. The van der Waals surface area contributed by atoms with Gasteiger partial charge >= 0.3 is 0 Å². The molecule has 2 heterocycles. The molecule has 0 aromatic carbocycles. The van der Waals surface area contributed by atoms with Crippen molar-refractivity contribution in [2.24, 2.45) is 5.73 Å². The number of nitrogens with zero attached hydrogens (tertiary/aromatic N) is 3. The van der Waals surface area contributed by atoms with Crippen LogP contribution in [0.4, 0.5) is 0 Å². The topological polar surface area (TPSA) is 77.8 Å². The van der Waals surface area contributed by atoms with Crippen molar-refractivity contribution in [3.63, 3.8) is 0 Å². The summed E-state index contributed by atoms with van der Waals surface area (Å²) in [6.45, 7) is 2.63. The van der Waals surface area contributed by atoms with E-state index in [1.165, 1.54) is 0 Å². The maximum atomic E-state index is 5.43. The zero-order chi connectivity index (χ0) is 12.1. The van der Waals surface area contributed by atoms with Gasteiger partial charge in [-0.3, -0.25) is 0 Å². The quantitative estimate of drug-likeness (QED) is 0.794. The number of nitrogens with two attached hydrogens (primary N) is 1. The molecule has 0 aliphatic heterocycles. The molecule has 2 aromatic heterocycles. The number of rotatable bonds is 5. The summed E-state index contributed by atoms with van der Waals surface area (Å²) < 4.78 is 5.16. The van der Waals surface area contributed by atoms with Crippen molar-refractivity contribution < 1.29 is 4.52 Å². The van der Waals surface area contributed by atoms with E-state index in [0.717, 1.165) is 30.7 Å². The minimum Gasteiger partial charge on any atom is -0.339 e. The minimum absolute atomic E-state index is 0.552. The molecule has 0 spiro atoms. The summed E-state index contributed by atoms with van der Waals surface area (Å²) in [4.78, 5) is 8.66. The molecule has 2 aromatic rings. The highest BCUT2D eigenvalue weighted by Gasteiger charge is 2.09. The Morgan fingerprint density at radius 2 is 2.12 bits per heavy atom. The molecule has 0 saturated heterocycles. The van der Waals surface area contributed by atoms with Crippen LogP contribution in [-0.2, 0) is 6.42 Å². The van der Waals surface area contributed by atoms with Crippen LogP contribution in [0.3, 0.4) is 0 Å². The number of unbranched alkanes of at least 4 members (excludes halogenated alkanes) is 1. The molecule has 0 bridgehead atoms. The highest BCUT2D eigenvalue weighted by atomic mass is 16.5. The van der Waals surface area contributed by atoms with Gasteiger partial charge in [-0.1, -0.05) is 11.2 Å². The first-order valence-electron chi connectivity index (χ1n) is 5.76. The molecule has 90 valence electrons. The Kier molecular flexibility index (Phi) is 3.82. The van der Waals surface area contributed by atoms with E-state index in [0.29, 0.717) is 18.3 Å². The Hall–Kier alpha value is -1.75. The summed E-state index contributed by atoms with van der Waals surface area (Å²) in [6, 6.07) is 5.75. The average molecular weight is 232 g/mol. The Morgan fingerprint density at radius 1 is 1.24 bits per heavy atom. The zero-order valence-corrected chi connectivity index (χ0v) is 9.89.